The number of amides is 2. The van der Waals surface area contributed by atoms with Crippen molar-refractivity contribution < 1.29 is 24.3 Å². The summed E-state index contributed by atoms with van der Waals surface area (Å²) in [7, 11) is 0. The van der Waals surface area contributed by atoms with Gasteiger partial charge in [-0.25, -0.2) is 9.96 Å². The molecule has 2 heterocycles. The van der Waals surface area contributed by atoms with Gasteiger partial charge < -0.3 is 0 Å². The molecule has 11 nitrogen and oxygen atoms in total. The van der Waals surface area contributed by atoms with Gasteiger partial charge >= 0.3 is 0 Å². The van der Waals surface area contributed by atoms with Gasteiger partial charge in [0.25, 0.3) is 17.3 Å². The Morgan fingerprint density at radius 3 is 2.06 bits per heavy atom. The van der Waals surface area contributed by atoms with E-state index in [1.54, 1.807) is 36.4 Å². The lowest BCUT2D eigenvalue weighted by atomic mass is 9.90. The summed E-state index contributed by atoms with van der Waals surface area (Å²) in [5, 5.41) is 23.6. The molecule has 0 spiro atoms. The van der Waals surface area contributed by atoms with Crippen molar-refractivity contribution in [1.82, 2.24) is 0 Å². The highest BCUT2D eigenvalue weighted by Gasteiger charge is 2.60. The van der Waals surface area contributed by atoms with E-state index in [4.69, 9.17) is 4.84 Å². The van der Waals surface area contributed by atoms with Gasteiger partial charge in [0.05, 0.1) is 27.3 Å². The minimum Gasteiger partial charge on any atom is -0.273 e. The lowest BCUT2D eigenvalue weighted by molar-refractivity contribution is -0.385. The largest absolute Gasteiger partial charge is 0.273 e. The van der Waals surface area contributed by atoms with E-state index in [0.717, 1.165) is 4.90 Å². The number of carbonyl (C=O) groups excluding carboxylic acids is 2. The molecular weight excluding hydrogens is 444 g/mol. The molecule has 2 saturated heterocycles. The zero-order valence-electron chi connectivity index (χ0n) is 17.4. The first-order valence-corrected chi connectivity index (χ1v) is 10.2. The third kappa shape index (κ3) is 3.35. The van der Waals surface area contributed by atoms with Crippen LogP contribution in [0.2, 0.25) is 0 Å². The second-order valence-corrected chi connectivity index (χ2v) is 7.80. The maximum absolute atomic E-state index is 13.5. The smallest absolute Gasteiger partial charge is 0.271 e. The molecule has 34 heavy (non-hydrogen) atoms. The van der Waals surface area contributed by atoms with Crippen LogP contribution in [-0.4, -0.2) is 27.8 Å². The fourth-order valence-electron chi connectivity index (χ4n) is 4.35. The van der Waals surface area contributed by atoms with Gasteiger partial charge in [0.2, 0.25) is 5.91 Å². The Bertz CT molecular complexity index is 1310. The summed E-state index contributed by atoms with van der Waals surface area (Å²) < 4.78 is 0. The Morgan fingerprint density at radius 1 is 0.735 bits per heavy atom. The van der Waals surface area contributed by atoms with Crippen molar-refractivity contribution in [3.8, 4) is 0 Å². The van der Waals surface area contributed by atoms with Crippen molar-refractivity contribution in [3.63, 3.8) is 0 Å². The molecule has 0 unspecified atom stereocenters. The van der Waals surface area contributed by atoms with Crippen LogP contribution in [0.15, 0.2) is 78.9 Å². The van der Waals surface area contributed by atoms with E-state index in [0.29, 0.717) is 11.3 Å². The number of nitro groups is 2. The first-order valence-electron chi connectivity index (χ1n) is 10.2. The van der Waals surface area contributed by atoms with E-state index in [1.165, 1.54) is 47.5 Å². The maximum atomic E-state index is 13.5. The zero-order valence-corrected chi connectivity index (χ0v) is 17.4. The predicted octanol–water partition coefficient (Wildman–Crippen LogP) is 3.55. The standard InChI is InChI=1S/C23H16N4O7/c28-22-19-20(14-5-2-1-3-6-14)25(17-7-4-8-18(13-17)27(32)33)34-21(19)23(29)24(22)15-9-11-16(12-10-15)26(30)31/h1-13,19-21H/t19-,20-,21-/m0/s1. The van der Waals surface area contributed by atoms with Gasteiger partial charge in [-0.15, -0.1) is 0 Å². The van der Waals surface area contributed by atoms with Crippen LogP contribution >= 0.6 is 0 Å². The van der Waals surface area contributed by atoms with E-state index in [1.807, 2.05) is 0 Å². The summed E-state index contributed by atoms with van der Waals surface area (Å²) in [6, 6.07) is 19.1. The topological polar surface area (TPSA) is 136 Å². The number of benzene rings is 3. The number of imide groups is 1. The average Bonchev–Trinajstić information content (AvgIpc) is 3.35. The van der Waals surface area contributed by atoms with Crippen LogP contribution in [0.3, 0.4) is 0 Å². The molecule has 2 fully saturated rings. The molecule has 0 saturated carbocycles. The van der Waals surface area contributed by atoms with Crippen molar-refractivity contribution in [2.45, 2.75) is 12.1 Å². The Morgan fingerprint density at radius 2 is 1.41 bits per heavy atom. The highest BCUT2D eigenvalue weighted by atomic mass is 16.7. The minimum absolute atomic E-state index is 0.157. The summed E-state index contributed by atoms with van der Waals surface area (Å²) in [5.74, 6) is -2.06. The monoisotopic (exact) mass is 460 g/mol. The number of nitrogens with zero attached hydrogens (tertiary/aromatic N) is 4. The molecule has 0 aliphatic carbocycles. The van der Waals surface area contributed by atoms with Crippen molar-refractivity contribution in [2.75, 3.05) is 9.96 Å². The molecule has 2 aliphatic heterocycles. The Labute approximate surface area is 192 Å². The van der Waals surface area contributed by atoms with E-state index < -0.39 is 39.7 Å². The van der Waals surface area contributed by atoms with Crippen LogP contribution in [-0.2, 0) is 14.4 Å². The van der Waals surface area contributed by atoms with Gasteiger partial charge in [-0.3, -0.25) is 34.7 Å². The molecule has 2 aliphatic rings. The van der Waals surface area contributed by atoms with Gasteiger partial charge in [-0.2, -0.15) is 0 Å². The number of nitro benzene ring substituents is 2. The van der Waals surface area contributed by atoms with Gasteiger partial charge in [0.1, 0.15) is 5.92 Å². The van der Waals surface area contributed by atoms with Crippen LogP contribution in [0.25, 0.3) is 0 Å². The normalized spacial score (nSPS) is 21.6. The molecule has 0 radical (unpaired) electrons. The highest BCUT2D eigenvalue weighted by Crippen LogP contribution is 2.48. The third-order valence-corrected chi connectivity index (χ3v) is 5.87. The summed E-state index contributed by atoms with van der Waals surface area (Å²) in [6.07, 6.45) is -1.16. The van der Waals surface area contributed by atoms with E-state index in [2.05, 4.69) is 0 Å². The van der Waals surface area contributed by atoms with Crippen molar-refractivity contribution in [2.24, 2.45) is 5.92 Å². The van der Waals surface area contributed by atoms with Crippen LogP contribution in [0, 0.1) is 26.1 Å². The molecule has 2 amide bonds. The average molecular weight is 460 g/mol. The Balaban J connectivity index is 1.55. The SMILES string of the molecule is O=C1[C@@H]2[C@H](ON(c3cccc([N+](=O)[O-])c3)[C@H]2c2ccccc2)C(=O)N1c1ccc([N+](=O)[O-])cc1. The van der Waals surface area contributed by atoms with Crippen LogP contribution in [0.4, 0.5) is 22.7 Å². The molecule has 0 aromatic heterocycles. The number of hydrogen-bond acceptors (Lipinski definition) is 8. The number of non-ortho nitro benzene ring substituents is 2. The summed E-state index contributed by atoms with van der Waals surface area (Å²) in [5.41, 5.74) is 0.897. The quantitative estimate of drug-likeness (QED) is 0.320. The number of fused-ring (bicyclic) bond motifs is 1. The number of rotatable bonds is 5. The third-order valence-electron chi connectivity index (χ3n) is 5.87. The van der Waals surface area contributed by atoms with Crippen LogP contribution in [0.5, 0.6) is 0 Å². The molecule has 0 bridgehead atoms. The van der Waals surface area contributed by atoms with Gasteiger partial charge in [-0.1, -0.05) is 36.4 Å². The second kappa shape index (κ2) is 8.05. The van der Waals surface area contributed by atoms with Gasteiger partial charge in [-0.05, 0) is 23.8 Å². The fourth-order valence-corrected chi connectivity index (χ4v) is 4.35. The Kier molecular flexibility index (Phi) is 5.02. The summed E-state index contributed by atoms with van der Waals surface area (Å²) >= 11 is 0. The second-order valence-electron chi connectivity index (χ2n) is 7.80. The fraction of sp³-hybridized carbons (Fsp3) is 0.130. The number of anilines is 2. The molecule has 11 heteroatoms. The van der Waals surface area contributed by atoms with Crippen LogP contribution < -0.4 is 9.96 Å². The molecular formula is C23H16N4O7. The Hall–Kier alpha value is -4.64. The van der Waals surface area contributed by atoms with Gasteiger partial charge in [0, 0.05) is 24.3 Å². The molecule has 0 N–H and O–H groups in total. The minimum atomic E-state index is -1.16. The van der Waals surface area contributed by atoms with Gasteiger partial charge in [0.15, 0.2) is 6.10 Å². The van der Waals surface area contributed by atoms with Crippen molar-refractivity contribution >= 4 is 34.6 Å². The number of hydrogen-bond donors (Lipinski definition) is 0. The first kappa shape index (κ1) is 21.2. The number of hydroxylamine groups is 1. The molecule has 3 aromatic carbocycles. The van der Waals surface area contributed by atoms with E-state index in [-0.39, 0.29) is 17.1 Å². The molecule has 5 rings (SSSR count). The van der Waals surface area contributed by atoms with Crippen molar-refractivity contribution in [1.29, 1.82) is 0 Å². The first-order chi connectivity index (χ1) is 16.4. The van der Waals surface area contributed by atoms with E-state index >= 15 is 0 Å². The van der Waals surface area contributed by atoms with Crippen molar-refractivity contribution in [3.05, 3.63) is 105 Å². The summed E-state index contributed by atoms with van der Waals surface area (Å²) in [6.45, 7) is 0. The molecule has 170 valence electrons. The lowest BCUT2D eigenvalue weighted by Crippen LogP contribution is -2.37. The molecule has 3 aromatic rings. The van der Waals surface area contributed by atoms with Crippen LogP contribution in [0.1, 0.15) is 11.6 Å². The predicted molar refractivity (Wildman–Crippen MR) is 119 cm³/mol. The lowest BCUT2D eigenvalue weighted by Gasteiger charge is -2.28. The maximum Gasteiger partial charge on any atom is 0.271 e. The summed E-state index contributed by atoms with van der Waals surface area (Å²) in [4.78, 5) is 54.8. The number of carbonyl (C=O) groups is 2. The zero-order chi connectivity index (χ0) is 24.0. The van der Waals surface area contributed by atoms with E-state index in [9.17, 15) is 29.8 Å². The molecule has 3 atom stereocenters. The highest BCUT2D eigenvalue weighted by molar-refractivity contribution is 6.24.